The van der Waals surface area contributed by atoms with Crippen molar-refractivity contribution in [2.45, 2.75) is 19.3 Å². The quantitative estimate of drug-likeness (QED) is 0.705. The highest BCUT2D eigenvalue weighted by Crippen LogP contribution is 2.25. The molecule has 1 N–H and O–H groups in total. The van der Waals surface area contributed by atoms with Crippen LogP contribution < -0.4 is 4.74 Å². The number of hydrogen-bond donors (Lipinski definition) is 1. The fraction of sp³-hybridized carbons (Fsp3) is 0.222. The molecule has 4 nitrogen and oxygen atoms in total. The van der Waals surface area contributed by atoms with E-state index >= 15 is 0 Å². The number of benzene rings is 2. The summed E-state index contributed by atoms with van der Waals surface area (Å²) < 4.78 is 5.90. The summed E-state index contributed by atoms with van der Waals surface area (Å²) in [6.45, 7) is 0.641. The lowest BCUT2D eigenvalue weighted by Crippen LogP contribution is -2.01. The predicted molar refractivity (Wildman–Crippen MR) is 85.7 cm³/mol. The molecular weight excluding hydrogens is 274 g/mol. The van der Waals surface area contributed by atoms with E-state index < -0.39 is 0 Å². The molecule has 0 aliphatic heterocycles. The number of imidazole rings is 1. The Morgan fingerprint density at radius 2 is 2.00 bits per heavy atom. The van der Waals surface area contributed by atoms with Gasteiger partial charge in [-0.25, -0.2) is 4.98 Å². The summed E-state index contributed by atoms with van der Waals surface area (Å²) in [6.07, 6.45) is 3.79. The van der Waals surface area contributed by atoms with Gasteiger partial charge in [0.1, 0.15) is 11.6 Å². The van der Waals surface area contributed by atoms with Gasteiger partial charge in [-0.1, -0.05) is 36.4 Å². The molecule has 0 radical (unpaired) electrons. The van der Waals surface area contributed by atoms with Gasteiger partial charge in [-0.3, -0.25) is 0 Å². The molecule has 1 heterocycles. The van der Waals surface area contributed by atoms with Crippen molar-refractivity contribution in [3.8, 4) is 11.8 Å². The van der Waals surface area contributed by atoms with Crippen LogP contribution in [0.25, 0.3) is 10.8 Å². The van der Waals surface area contributed by atoms with Crippen LogP contribution in [0.15, 0.2) is 48.7 Å². The van der Waals surface area contributed by atoms with E-state index in [0.717, 1.165) is 35.5 Å². The largest absolute Gasteiger partial charge is 0.493 e. The van der Waals surface area contributed by atoms with Crippen molar-refractivity contribution in [2.24, 2.45) is 0 Å². The average Bonchev–Trinajstić information content (AvgIpc) is 3.00. The van der Waals surface area contributed by atoms with E-state index in [-0.39, 0.29) is 0 Å². The Labute approximate surface area is 129 Å². The summed E-state index contributed by atoms with van der Waals surface area (Å²) in [5, 5.41) is 11.0. The number of hydrogen-bond acceptors (Lipinski definition) is 3. The smallest absolute Gasteiger partial charge is 0.127 e. The zero-order chi connectivity index (χ0) is 15.2. The van der Waals surface area contributed by atoms with Crippen molar-refractivity contribution in [1.29, 1.82) is 5.26 Å². The Bertz CT molecular complexity index is 796. The Kier molecular flexibility index (Phi) is 4.35. The molecule has 3 rings (SSSR count). The normalized spacial score (nSPS) is 10.5. The Balaban J connectivity index is 1.55. The second-order valence-electron chi connectivity index (χ2n) is 5.12. The van der Waals surface area contributed by atoms with Crippen molar-refractivity contribution < 1.29 is 4.74 Å². The zero-order valence-corrected chi connectivity index (χ0v) is 12.2. The summed E-state index contributed by atoms with van der Waals surface area (Å²) in [6, 6.07) is 16.4. The Morgan fingerprint density at radius 1 is 1.14 bits per heavy atom. The number of aryl methyl sites for hydroxylation is 1. The second kappa shape index (κ2) is 6.77. The molecule has 22 heavy (non-hydrogen) atoms. The number of ether oxygens (including phenoxy) is 1. The molecule has 0 atom stereocenters. The lowest BCUT2D eigenvalue weighted by molar-refractivity contribution is 0.313. The molecule has 4 heteroatoms. The molecule has 2 aromatic carbocycles. The molecule has 0 bridgehead atoms. The van der Waals surface area contributed by atoms with E-state index in [1.165, 1.54) is 5.39 Å². The molecule has 0 aliphatic rings. The first kappa shape index (κ1) is 14.2. The summed E-state index contributed by atoms with van der Waals surface area (Å²) in [7, 11) is 0. The highest BCUT2D eigenvalue weighted by molar-refractivity contribution is 5.88. The lowest BCUT2D eigenvalue weighted by atomic mass is 10.1. The van der Waals surface area contributed by atoms with E-state index in [1.54, 1.807) is 6.20 Å². The van der Waals surface area contributed by atoms with E-state index in [4.69, 9.17) is 10.00 Å². The van der Waals surface area contributed by atoms with Crippen LogP contribution in [-0.4, -0.2) is 16.6 Å². The molecule has 0 saturated heterocycles. The molecule has 0 aliphatic carbocycles. The second-order valence-corrected chi connectivity index (χ2v) is 5.12. The van der Waals surface area contributed by atoms with Crippen molar-refractivity contribution in [1.82, 2.24) is 9.97 Å². The maximum atomic E-state index is 8.64. The third kappa shape index (κ3) is 3.26. The molecule has 0 unspecified atom stereocenters. The number of nitriles is 1. The first-order valence-corrected chi connectivity index (χ1v) is 7.37. The Hall–Kier alpha value is -2.80. The monoisotopic (exact) mass is 291 g/mol. The van der Waals surface area contributed by atoms with Gasteiger partial charge in [-0.2, -0.15) is 5.26 Å². The van der Waals surface area contributed by atoms with Crippen LogP contribution in [0.3, 0.4) is 0 Å². The predicted octanol–water partition coefficient (Wildman–Crippen LogP) is 3.64. The van der Waals surface area contributed by atoms with Crippen molar-refractivity contribution in [3.05, 3.63) is 60.2 Å². The van der Waals surface area contributed by atoms with E-state index in [0.29, 0.717) is 13.0 Å². The van der Waals surface area contributed by atoms with E-state index in [9.17, 15) is 0 Å². The van der Waals surface area contributed by atoms with Crippen LogP contribution in [-0.2, 0) is 12.8 Å². The van der Waals surface area contributed by atoms with Gasteiger partial charge in [0.25, 0.3) is 0 Å². The van der Waals surface area contributed by atoms with Gasteiger partial charge in [-0.05, 0) is 17.9 Å². The third-order valence-corrected chi connectivity index (χ3v) is 3.52. The first-order chi connectivity index (χ1) is 10.9. The van der Waals surface area contributed by atoms with Gasteiger partial charge >= 0.3 is 0 Å². The summed E-state index contributed by atoms with van der Waals surface area (Å²) in [5.74, 6) is 1.83. The molecular formula is C18H17N3O. The van der Waals surface area contributed by atoms with Crippen LogP contribution in [0.2, 0.25) is 0 Å². The number of aromatic amines is 1. The minimum Gasteiger partial charge on any atom is -0.493 e. The third-order valence-electron chi connectivity index (χ3n) is 3.52. The molecule has 3 aromatic rings. The zero-order valence-electron chi connectivity index (χ0n) is 12.2. The minimum atomic E-state index is 0.375. The highest BCUT2D eigenvalue weighted by atomic mass is 16.5. The molecule has 0 fully saturated rings. The van der Waals surface area contributed by atoms with Gasteiger partial charge in [0.15, 0.2) is 0 Å². The molecule has 1 aromatic heterocycles. The number of nitrogens with one attached hydrogen (secondary N) is 1. The van der Waals surface area contributed by atoms with E-state index in [1.807, 2.05) is 24.3 Å². The van der Waals surface area contributed by atoms with Crippen molar-refractivity contribution in [2.75, 3.05) is 6.61 Å². The van der Waals surface area contributed by atoms with E-state index in [2.05, 4.69) is 34.2 Å². The number of rotatable bonds is 6. The maximum absolute atomic E-state index is 8.64. The first-order valence-electron chi connectivity index (χ1n) is 7.37. The molecule has 0 spiro atoms. The maximum Gasteiger partial charge on any atom is 0.127 e. The van der Waals surface area contributed by atoms with Gasteiger partial charge in [0.05, 0.1) is 19.1 Å². The fourth-order valence-corrected chi connectivity index (χ4v) is 2.45. The number of H-pyrrole nitrogens is 1. The lowest BCUT2D eigenvalue weighted by Gasteiger charge is -2.08. The molecule has 0 saturated carbocycles. The standard InChI is InChI=1S/C18H17N3O/c19-11-10-15-13-20-18(21-15)9-4-12-22-17-8-3-6-14-5-1-2-7-16(14)17/h1-3,5-8,13H,4,9-10,12H2,(H,20,21). The molecule has 110 valence electrons. The van der Waals surface area contributed by atoms with Crippen LogP contribution >= 0.6 is 0 Å². The summed E-state index contributed by atoms with van der Waals surface area (Å²) in [4.78, 5) is 7.42. The number of fused-ring (bicyclic) bond motifs is 1. The van der Waals surface area contributed by atoms with Gasteiger partial charge in [0, 0.05) is 23.7 Å². The topological polar surface area (TPSA) is 61.7 Å². The summed E-state index contributed by atoms with van der Waals surface area (Å²) in [5.41, 5.74) is 0.868. The fourth-order valence-electron chi connectivity index (χ4n) is 2.45. The van der Waals surface area contributed by atoms with Crippen LogP contribution in [0, 0.1) is 11.3 Å². The molecule has 0 amide bonds. The average molecular weight is 291 g/mol. The van der Waals surface area contributed by atoms with Crippen LogP contribution in [0.1, 0.15) is 17.9 Å². The van der Waals surface area contributed by atoms with Crippen LogP contribution in [0.4, 0.5) is 0 Å². The van der Waals surface area contributed by atoms with Crippen molar-refractivity contribution in [3.63, 3.8) is 0 Å². The summed E-state index contributed by atoms with van der Waals surface area (Å²) >= 11 is 0. The highest BCUT2D eigenvalue weighted by Gasteiger charge is 2.03. The van der Waals surface area contributed by atoms with Crippen LogP contribution in [0.5, 0.6) is 5.75 Å². The number of nitrogens with zero attached hydrogens (tertiary/aromatic N) is 2. The van der Waals surface area contributed by atoms with Gasteiger partial charge in [-0.15, -0.1) is 0 Å². The number of aromatic nitrogens is 2. The van der Waals surface area contributed by atoms with Gasteiger partial charge in [0.2, 0.25) is 0 Å². The minimum absolute atomic E-state index is 0.375. The SMILES string of the molecule is N#CCc1cnc(CCCOc2cccc3ccccc23)[nH]1. The van der Waals surface area contributed by atoms with Crippen molar-refractivity contribution >= 4 is 10.8 Å². The Morgan fingerprint density at radius 3 is 2.91 bits per heavy atom. The van der Waals surface area contributed by atoms with Gasteiger partial charge < -0.3 is 9.72 Å².